The van der Waals surface area contributed by atoms with Crippen LogP contribution >= 0.6 is 0 Å². The Labute approximate surface area is 131 Å². The monoisotopic (exact) mass is 316 g/mol. The standard InChI is InChI=1S/C16H16N2O5/c19-14(18-5-6-23-9-13(18)16(21)22)8-11-7-10-3-1-2-4-12(10)17-15(11)20/h1-4,7,13H,5-6,8-9H2,(H,17,20)(H,21,22)/t13-/m0/s1. The number of carbonyl (C=O) groups is 2. The number of aromatic nitrogens is 1. The SMILES string of the molecule is O=C(O)[C@@H]1COCCN1C(=O)Cc1cc2ccccc2[nH]c1=O. The number of H-pyrrole nitrogens is 1. The molecule has 1 atom stereocenters. The highest BCUT2D eigenvalue weighted by atomic mass is 16.5. The van der Waals surface area contributed by atoms with E-state index in [2.05, 4.69) is 4.98 Å². The number of benzene rings is 1. The molecule has 0 radical (unpaired) electrons. The van der Waals surface area contributed by atoms with Gasteiger partial charge in [-0.05, 0) is 17.5 Å². The Bertz CT molecular complexity index is 813. The predicted octanol–water partition coefficient (Wildman–Crippen LogP) is 0.383. The number of carboxylic acids is 1. The first-order valence-corrected chi connectivity index (χ1v) is 7.27. The second-order valence-corrected chi connectivity index (χ2v) is 5.40. The molecular formula is C16H16N2O5. The fourth-order valence-corrected chi connectivity index (χ4v) is 2.70. The molecule has 3 rings (SSSR count). The molecule has 2 heterocycles. The van der Waals surface area contributed by atoms with Crippen LogP contribution in [0.4, 0.5) is 0 Å². The molecule has 0 spiro atoms. The van der Waals surface area contributed by atoms with Gasteiger partial charge in [0.25, 0.3) is 5.56 Å². The van der Waals surface area contributed by atoms with Gasteiger partial charge in [0.05, 0.1) is 19.6 Å². The zero-order chi connectivity index (χ0) is 16.4. The normalized spacial score (nSPS) is 18.1. The molecular weight excluding hydrogens is 300 g/mol. The smallest absolute Gasteiger partial charge is 0.328 e. The third-order valence-corrected chi connectivity index (χ3v) is 3.91. The lowest BCUT2D eigenvalue weighted by Crippen LogP contribution is -2.53. The van der Waals surface area contributed by atoms with E-state index in [1.54, 1.807) is 12.1 Å². The van der Waals surface area contributed by atoms with E-state index in [9.17, 15) is 19.5 Å². The summed E-state index contributed by atoms with van der Waals surface area (Å²) < 4.78 is 5.11. The molecule has 1 aliphatic heterocycles. The minimum absolute atomic E-state index is 0.0326. The van der Waals surface area contributed by atoms with Gasteiger partial charge >= 0.3 is 5.97 Å². The summed E-state index contributed by atoms with van der Waals surface area (Å²) >= 11 is 0. The number of hydrogen-bond acceptors (Lipinski definition) is 4. The van der Waals surface area contributed by atoms with Crippen LogP contribution in [0.1, 0.15) is 5.56 Å². The number of nitrogens with one attached hydrogen (secondary N) is 1. The number of nitrogens with zero attached hydrogens (tertiary/aromatic N) is 1. The fraction of sp³-hybridized carbons (Fsp3) is 0.312. The summed E-state index contributed by atoms with van der Waals surface area (Å²) in [5.41, 5.74) is 0.685. The maximum Gasteiger partial charge on any atom is 0.328 e. The van der Waals surface area contributed by atoms with Gasteiger partial charge in [0.15, 0.2) is 6.04 Å². The number of morpholine rings is 1. The van der Waals surface area contributed by atoms with Crippen molar-refractivity contribution in [3.05, 3.63) is 46.2 Å². The first kappa shape index (κ1) is 15.2. The number of carbonyl (C=O) groups excluding carboxylic acids is 1. The van der Waals surface area contributed by atoms with Gasteiger partial charge in [-0.15, -0.1) is 0 Å². The van der Waals surface area contributed by atoms with Crippen molar-refractivity contribution < 1.29 is 19.4 Å². The summed E-state index contributed by atoms with van der Waals surface area (Å²) in [5.74, 6) is -1.49. The lowest BCUT2D eigenvalue weighted by atomic mass is 10.1. The molecule has 0 bridgehead atoms. The highest BCUT2D eigenvalue weighted by Crippen LogP contribution is 2.13. The van der Waals surface area contributed by atoms with Crippen molar-refractivity contribution in [2.24, 2.45) is 0 Å². The van der Waals surface area contributed by atoms with Crippen LogP contribution in [-0.4, -0.2) is 52.7 Å². The average molecular weight is 316 g/mol. The average Bonchev–Trinajstić information content (AvgIpc) is 2.55. The van der Waals surface area contributed by atoms with Crippen molar-refractivity contribution >= 4 is 22.8 Å². The molecule has 7 heteroatoms. The summed E-state index contributed by atoms with van der Waals surface area (Å²) in [6, 6.07) is 7.94. The molecule has 1 fully saturated rings. The zero-order valence-corrected chi connectivity index (χ0v) is 12.3. The van der Waals surface area contributed by atoms with E-state index in [1.165, 1.54) is 4.90 Å². The summed E-state index contributed by atoms with van der Waals surface area (Å²) in [6.07, 6.45) is -0.135. The molecule has 1 aromatic heterocycles. The Morgan fingerprint density at radius 3 is 2.91 bits per heavy atom. The number of aliphatic carboxylic acids is 1. The third kappa shape index (κ3) is 3.09. The first-order chi connectivity index (χ1) is 11.1. The summed E-state index contributed by atoms with van der Waals surface area (Å²) in [7, 11) is 0. The van der Waals surface area contributed by atoms with E-state index in [4.69, 9.17) is 4.74 Å². The molecule has 2 N–H and O–H groups in total. The first-order valence-electron chi connectivity index (χ1n) is 7.27. The van der Waals surface area contributed by atoms with Crippen LogP contribution < -0.4 is 5.56 Å². The van der Waals surface area contributed by atoms with Gasteiger partial charge in [-0.1, -0.05) is 18.2 Å². The Morgan fingerprint density at radius 1 is 1.35 bits per heavy atom. The van der Waals surface area contributed by atoms with Gasteiger partial charge in [0, 0.05) is 17.6 Å². The van der Waals surface area contributed by atoms with Crippen molar-refractivity contribution in [1.29, 1.82) is 0 Å². The summed E-state index contributed by atoms with van der Waals surface area (Å²) in [4.78, 5) is 39.7. The van der Waals surface area contributed by atoms with E-state index >= 15 is 0 Å². The van der Waals surface area contributed by atoms with Crippen molar-refractivity contribution in [3.63, 3.8) is 0 Å². The second kappa shape index (κ2) is 6.21. The van der Waals surface area contributed by atoms with Crippen molar-refractivity contribution in [1.82, 2.24) is 9.88 Å². The molecule has 1 saturated heterocycles. The number of ether oxygens (including phenoxy) is 1. The largest absolute Gasteiger partial charge is 0.480 e. The topological polar surface area (TPSA) is 99.7 Å². The van der Waals surface area contributed by atoms with Crippen molar-refractivity contribution in [3.8, 4) is 0 Å². The van der Waals surface area contributed by atoms with Crippen LogP contribution in [0.3, 0.4) is 0 Å². The zero-order valence-electron chi connectivity index (χ0n) is 12.3. The van der Waals surface area contributed by atoms with E-state index in [1.807, 2.05) is 18.2 Å². The quantitative estimate of drug-likeness (QED) is 0.853. The number of rotatable bonds is 3. The maximum atomic E-state index is 12.4. The second-order valence-electron chi connectivity index (χ2n) is 5.40. The Kier molecular flexibility index (Phi) is 4.12. The van der Waals surface area contributed by atoms with Crippen LogP contribution in [0.2, 0.25) is 0 Å². The van der Waals surface area contributed by atoms with Gasteiger partial charge in [-0.25, -0.2) is 4.79 Å². The van der Waals surface area contributed by atoms with Gasteiger partial charge in [0.2, 0.25) is 5.91 Å². The number of pyridine rings is 1. The number of carboxylic acid groups (broad SMARTS) is 1. The molecule has 7 nitrogen and oxygen atoms in total. The number of aromatic amines is 1. The summed E-state index contributed by atoms with van der Waals surface area (Å²) in [6.45, 7) is 0.472. The fourth-order valence-electron chi connectivity index (χ4n) is 2.70. The third-order valence-electron chi connectivity index (χ3n) is 3.91. The van der Waals surface area contributed by atoms with Crippen LogP contribution in [0.15, 0.2) is 35.1 Å². The molecule has 1 amide bonds. The highest BCUT2D eigenvalue weighted by molar-refractivity contribution is 5.86. The Hall–Kier alpha value is -2.67. The maximum absolute atomic E-state index is 12.4. The van der Waals surface area contributed by atoms with Gasteiger partial charge in [-0.2, -0.15) is 0 Å². The van der Waals surface area contributed by atoms with Gasteiger partial charge in [-0.3, -0.25) is 9.59 Å². The Balaban J connectivity index is 1.86. The van der Waals surface area contributed by atoms with E-state index in [0.29, 0.717) is 17.7 Å². The molecule has 0 unspecified atom stereocenters. The number of amides is 1. The molecule has 120 valence electrons. The van der Waals surface area contributed by atoms with Crippen molar-refractivity contribution in [2.75, 3.05) is 19.8 Å². The van der Waals surface area contributed by atoms with Crippen LogP contribution in [0.5, 0.6) is 0 Å². The molecule has 2 aromatic rings. The summed E-state index contributed by atoms with van der Waals surface area (Å²) in [5, 5.41) is 10.0. The van der Waals surface area contributed by atoms with E-state index < -0.39 is 12.0 Å². The van der Waals surface area contributed by atoms with E-state index in [-0.39, 0.29) is 31.0 Å². The lowest BCUT2D eigenvalue weighted by molar-refractivity contribution is -0.158. The molecule has 1 aliphatic rings. The predicted molar refractivity (Wildman–Crippen MR) is 82.2 cm³/mol. The van der Waals surface area contributed by atoms with Gasteiger partial charge < -0.3 is 19.7 Å². The molecule has 0 aliphatic carbocycles. The number of hydrogen-bond donors (Lipinski definition) is 2. The van der Waals surface area contributed by atoms with Crippen molar-refractivity contribution in [2.45, 2.75) is 12.5 Å². The molecule has 23 heavy (non-hydrogen) atoms. The number of para-hydroxylation sites is 1. The Morgan fingerprint density at radius 2 is 2.13 bits per heavy atom. The van der Waals surface area contributed by atoms with Crippen LogP contribution in [0, 0.1) is 0 Å². The highest BCUT2D eigenvalue weighted by Gasteiger charge is 2.32. The molecule has 0 saturated carbocycles. The minimum atomic E-state index is -1.11. The van der Waals surface area contributed by atoms with Crippen LogP contribution in [-0.2, 0) is 20.7 Å². The van der Waals surface area contributed by atoms with Gasteiger partial charge in [0.1, 0.15) is 0 Å². The minimum Gasteiger partial charge on any atom is -0.480 e. The van der Waals surface area contributed by atoms with Crippen LogP contribution in [0.25, 0.3) is 10.9 Å². The number of fused-ring (bicyclic) bond motifs is 1. The van der Waals surface area contributed by atoms with E-state index in [0.717, 1.165) is 5.39 Å². The molecule has 1 aromatic carbocycles. The lowest BCUT2D eigenvalue weighted by Gasteiger charge is -2.32.